The van der Waals surface area contributed by atoms with Crippen LogP contribution in [-0.4, -0.2) is 11.8 Å². The van der Waals surface area contributed by atoms with Crippen LogP contribution in [0.5, 0.6) is 0 Å². The van der Waals surface area contributed by atoms with Gasteiger partial charge in [-0.15, -0.1) is 0 Å². The second-order valence-electron chi connectivity index (χ2n) is 6.87. The molecule has 0 bridgehead atoms. The molecule has 0 unspecified atom stereocenters. The van der Waals surface area contributed by atoms with Crippen LogP contribution in [0, 0.1) is 12.8 Å². The van der Waals surface area contributed by atoms with Gasteiger partial charge in [0.05, 0.1) is 0 Å². The molecule has 140 valence electrons. The van der Waals surface area contributed by atoms with Gasteiger partial charge in [-0.25, -0.2) is 0 Å². The highest BCUT2D eigenvalue weighted by molar-refractivity contribution is 6.31. The summed E-state index contributed by atoms with van der Waals surface area (Å²) >= 11 is 6.02. The largest absolute Gasteiger partial charge is 0.451 e. The number of furan rings is 1. The highest BCUT2D eigenvalue weighted by Gasteiger charge is 2.18. The lowest BCUT2D eigenvalue weighted by Crippen LogP contribution is -2.14. The molecule has 0 aliphatic rings. The Morgan fingerprint density at radius 1 is 1.04 bits per heavy atom. The van der Waals surface area contributed by atoms with Crippen molar-refractivity contribution >= 4 is 45.8 Å². The summed E-state index contributed by atoms with van der Waals surface area (Å²) < 4.78 is 5.67. The Balaban J connectivity index is 1.71. The first kappa shape index (κ1) is 19.0. The monoisotopic (exact) mass is 384 g/mol. The van der Waals surface area contributed by atoms with Gasteiger partial charge in [0, 0.05) is 33.8 Å². The third-order valence-electron chi connectivity index (χ3n) is 4.12. The van der Waals surface area contributed by atoms with E-state index >= 15 is 0 Å². The van der Waals surface area contributed by atoms with Crippen molar-refractivity contribution in [1.29, 1.82) is 0 Å². The van der Waals surface area contributed by atoms with E-state index in [-0.39, 0.29) is 17.6 Å². The van der Waals surface area contributed by atoms with Crippen LogP contribution in [0.15, 0.2) is 46.9 Å². The summed E-state index contributed by atoms with van der Waals surface area (Å²) in [6.45, 7) is 5.81. The molecule has 2 aromatic carbocycles. The first-order chi connectivity index (χ1) is 12.8. The summed E-state index contributed by atoms with van der Waals surface area (Å²) in [7, 11) is 0. The normalized spacial score (nSPS) is 11.0. The average Bonchev–Trinajstić information content (AvgIpc) is 2.92. The first-order valence-corrected chi connectivity index (χ1v) is 9.11. The van der Waals surface area contributed by atoms with E-state index in [1.807, 2.05) is 20.8 Å². The molecular formula is C21H21ClN2O3. The summed E-state index contributed by atoms with van der Waals surface area (Å²) in [5.41, 5.74) is 2.65. The van der Waals surface area contributed by atoms with Crippen LogP contribution < -0.4 is 10.6 Å². The molecule has 0 spiro atoms. The van der Waals surface area contributed by atoms with E-state index in [0.29, 0.717) is 34.3 Å². The van der Waals surface area contributed by atoms with Crippen LogP contribution in [0.3, 0.4) is 0 Å². The Kier molecular flexibility index (Phi) is 5.51. The molecule has 0 aliphatic heterocycles. The van der Waals surface area contributed by atoms with Crippen molar-refractivity contribution in [2.24, 2.45) is 5.92 Å². The van der Waals surface area contributed by atoms with E-state index in [2.05, 4.69) is 10.6 Å². The summed E-state index contributed by atoms with van der Waals surface area (Å²) in [5.74, 6) is 0.182. The second kappa shape index (κ2) is 7.84. The quantitative estimate of drug-likeness (QED) is 0.598. The van der Waals surface area contributed by atoms with E-state index in [4.69, 9.17) is 16.0 Å². The summed E-state index contributed by atoms with van der Waals surface area (Å²) in [4.78, 5) is 24.4. The van der Waals surface area contributed by atoms with Crippen LogP contribution in [0.25, 0.3) is 11.0 Å². The van der Waals surface area contributed by atoms with Gasteiger partial charge in [-0.3, -0.25) is 9.59 Å². The molecule has 3 aromatic rings. The Bertz CT molecular complexity index is 991. The van der Waals surface area contributed by atoms with Crippen molar-refractivity contribution < 1.29 is 14.0 Å². The van der Waals surface area contributed by atoms with Crippen molar-refractivity contribution in [2.45, 2.75) is 27.2 Å². The van der Waals surface area contributed by atoms with E-state index in [1.165, 1.54) is 0 Å². The van der Waals surface area contributed by atoms with Crippen LogP contribution in [0.2, 0.25) is 5.02 Å². The zero-order valence-electron chi connectivity index (χ0n) is 15.4. The molecule has 2 amide bonds. The van der Waals surface area contributed by atoms with E-state index < -0.39 is 0 Å². The summed E-state index contributed by atoms with van der Waals surface area (Å²) in [6.07, 6.45) is 0.466. The van der Waals surface area contributed by atoms with Gasteiger partial charge in [0.15, 0.2) is 5.76 Å². The zero-order valence-corrected chi connectivity index (χ0v) is 16.2. The van der Waals surface area contributed by atoms with Gasteiger partial charge in [-0.05, 0) is 55.3 Å². The van der Waals surface area contributed by atoms with E-state index in [9.17, 15) is 9.59 Å². The molecule has 0 fully saturated rings. The molecule has 0 saturated carbocycles. The van der Waals surface area contributed by atoms with Gasteiger partial charge < -0.3 is 15.1 Å². The minimum absolute atomic E-state index is 0.0293. The maximum absolute atomic E-state index is 12.6. The van der Waals surface area contributed by atoms with Crippen molar-refractivity contribution in [1.82, 2.24) is 0 Å². The Morgan fingerprint density at radius 3 is 2.30 bits per heavy atom. The molecule has 0 saturated heterocycles. The number of carbonyl (C=O) groups is 2. The Morgan fingerprint density at radius 2 is 1.67 bits per heavy atom. The van der Waals surface area contributed by atoms with Crippen LogP contribution in [-0.2, 0) is 4.79 Å². The van der Waals surface area contributed by atoms with Gasteiger partial charge >= 0.3 is 0 Å². The highest BCUT2D eigenvalue weighted by atomic mass is 35.5. The SMILES string of the molecule is Cc1c(C(=O)Nc2ccc(NC(=O)CC(C)C)cc2)oc2ccc(Cl)cc12. The fourth-order valence-electron chi connectivity index (χ4n) is 2.82. The molecule has 6 heteroatoms. The van der Waals surface area contributed by atoms with Gasteiger partial charge in [-0.1, -0.05) is 25.4 Å². The lowest BCUT2D eigenvalue weighted by Gasteiger charge is -2.08. The minimum atomic E-state index is -0.337. The van der Waals surface area contributed by atoms with Crippen LogP contribution in [0.4, 0.5) is 11.4 Å². The lowest BCUT2D eigenvalue weighted by molar-refractivity contribution is -0.116. The molecule has 5 nitrogen and oxygen atoms in total. The number of halogens is 1. The summed E-state index contributed by atoms with van der Waals surface area (Å²) in [5, 5.41) is 7.05. The number of fused-ring (bicyclic) bond motifs is 1. The molecule has 27 heavy (non-hydrogen) atoms. The molecule has 1 heterocycles. The number of carbonyl (C=O) groups excluding carboxylic acids is 2. The Labute approximate surface area is 162 Å². The third-order valence-corrected chi connectivity index (χ3v) is 4.36. The Hall–Kier alpha value is -2.79. The number of rotatable bonds is 5. The molecule has 0 radical (unpaired) electrons. The van der Waals surface area contributed by atoms with Crippen molar-refractivity contribution in [3.63, 3.8) is 0 Å². The lowest BCUT2D eigenvalue weighted by atomic mass is 10.1. The maximum Gasteiger partial charge on any atom is 0.291 e. The van der Waals surface area contributed by atoms with Crippen molar-refractivity contribution in [2.75, 3.05) is 10.6 Å². The number of benzene rings is 2. The maximum atomic E-state index is 12.6. The molecule has 0 atom stereocenters. The van der Waals surface area contributed by atoms with E-state index in [0.717, 1.165) is 10.9 Å². The number of nitrogens with one attached hydrogen (secondary N) is 2. The van der Waals surface area contributed by atoms with Crippen molar-refractivity contribution in [3.05, 3.63) is 58.8 Å². The molecular weight excluding hydrogens is 364 g/mol. The van der Waals surface area contributed by atoms with Gasteiger partial charge in [0.1, 0.15) is 5.58 Å². The zero-order chi connectivity index (χ0) is 19.6. The summed E-state index contributed by atoms with van der Waals surface area (Å²) in [6, 6.07) is 12.2. The minimum Gasteiger partial charge on any atom is -0.451 e. The first-order valence-electron chi connectivity index (χ1n) is 8.73. The van der Waals surface area contributed by atoms with Gasteiger partial charge in [0.25, 0.3) is 5.91 Å². The number of aryl methyl sites for hydroxylation is 1. The fraction of sp³-hybridized carbons (Fsp3) is 0.238. The number of hydrogen-bond acceptors (Lipinski definition) is 3. The molecule has 3 rings (SSSR count). The molecule has 0 aliphatic carbocycles. The smallest absolute Gasteiger partial charge is 0.291 e. The topological polar surface area (TPSA) is 71.3 Å². The second-order valence-corrected chi connectivity index (χ2v) is 7.31. The standard InChI is InChI=1S/C21H21ClN2O3/c1-12(2)10-19(25)23-15-5-7-16(8-6-15)24-21(26)20-13(3)17-11-14(22)4-9-18(17)27-20/h4-9,11-12H,10H2,1-3H3,(H,23,25)(H,24,26). The van der Waals surface area contributed by atoms with E-state index in [1.54, 1.807) is 42.5 Å². The average molecular weight is 385 g/mol. The van der Waals surface area contributed by atoms with Gasteiger partial charge in [-0.2, -0.15) is 0 Å². The van der Waals surface area contributed by atoms with Gasteiger partial charge in [0.2, 0.25) is 5.91 Å². The predicted molar refractivity (Wildman–Crippen MR) is 108 cm³/mol. The predicted octanol–water partition coefficient (Wildman–Crippen LogP) is 5.63. The fourth-order valence-corrected chi connectivity index (χ4v) is 2.99. The number of anilines is 2. The van der Waals surface area contributed by atoms with Crippen LogP contribution in [0.1, 0.15) is 36.4 Å². The molecule has 2 N–H and O–H groups in total. The third kappa shape index (κ3) is 4.49. The highest BCUT2D eigenvalue weighted by Crippen LogP contribution is 2.28. The van der Waals surface area contributed by atoms with Crippen LogP contribution >= 0.6 is 11.6 Å². The molecule has 1 aromatic heterocycles. The van der Waals surface area contributed by atoms with Crippen molar-refractivity contribution in [3.8, 4) is 0 Å². The number of amides is 2. The number of hydrogen-bond donors (Lipinski definition) is 2.